The molecule has 96 valence electrons. The quantitative estimate of drug-likeness (QED) is 0.906. The van der Waals surface area contributed by atoms with Crippen LogP contribution in [-0.4, -0.2) is 6.54 Å². The van der Waals surface area contributed by atoms with E-state index in [9.17, 15) is 4.39 Å². The molecule has 0 aromatic heterocycles. The third-order valence-corrected chi connectivity index (χ3v) is 2.94. The molecule has 0 aliphatic carbocycles. The lowest BCUT2D eigenvalue weighted by Gasteiger charge is -2.10. The minimum absolute atomic E-state index is 0.243. The molecule has 0 saturated carbocycles. The zero-order chi connectivity index (χ0) is 13.7. The molecule has 0 amide bonds. The number of nitrogens with one attached hydrogen (secondary N) is 1. The van der Waals surface area contributed by atoms with Crippen molar-refractivity contribution in [3.05, 3.63) is 59.4 Å². The third kappa shape index (κ3) is 3.18. The normalized spacial score (nSPS) is 10.2. The predicted molar refractivity (Wildman–Crippen MR) is 73.9 cm³/mol. The second-order valence-corrected chi connectivity index (χ2v) is 4.27. The summed E-state index contributed by atoms with van der Waals surface area (Å²) >= 11 is 0. The molecule has 2 aromatic rings. The first kappa shape index (κ1) is 13.3. The van der Waals surface area contributed by atoms with Crippen molar-refractivity contribution in [1.29, 1.82) is 5.26 Å². The van der Waals surface area contributed by atoms with Gasteiger partial charge >= 0.3 is 0 Å². The van der Waals surface area contributed by atoms with Gasteiger partial charge < -0.3 is 5.32 Å². The van der Waals surface area contributed by atoms with Gasteiger partial charge in [0.25, 0.3) is 0 Å². The molecule has 2 aromatic carbocycles. The smallest absolute Gasteiger partial charge is 0.123 e. The fraction of sp³-hybridized carbons (Fsp3) is 0.188. The second-order valence-electron chi connectivity index (χ2n) is 4.27. The molecule has 0 aliphatic rings. The first-order chi connectivity index (χ1) is 9.24. The molecule has 2 nitrogen and oxygen atoms in total. The summed E-state index contributed by atoms with van der Waals surface area (Å²) in [6.07, 6.45) is 0. The molecule has 0 unspecified atom stereocenters. The molecule has 0 heterocycles. The maximum atomic E-state index is 13.4. The molecular weight excluding hydrogens is 239 g/mol. The summed E-state index contributed by atoms with van der Waals surface area (Å²) in [5.41, 5.74) is 3.40. The van der Waals surface area contributed by atoms with Crippen molar-refractivity contribution in [3.8, 4) is 17.2 Å². The van der Waals surface area contributed by atoms with Gasteiger partial charge in [0.05, 0.1) is 11.6 Å². The lowest BCUT2D eigenvalue weighted by Crippen LogP contribution is -2.12. The van der Waals surface area contributed by atoms with Crippen LogP contribution in [0.15, 0.2) is 42.5 Å². The average molecular weight is 254 g/mol. The Morgan fingerprint density at radius 3 is 2.79 bits per heavy atom. The molecule has 0 atom stereocenters. The molecule has 0 spiro atoms. The van der Waals surface area contributed by atoms with Crippen LogP contribution in [0.3, 0.4) is 0 Å². The molecule has 1 N–H and O–H groups in total. The van der Waals surface area contributed by atoms with Crippen LogP contribution in [0.25, 0.3) is 11.1 Å². The van der Waals surface area contributed by atoms with E-state index < -0.39 is 0 Å². The van der Waals surface area contributed by atoms with Crippen molar-refractivity contribution in [1.82, 2.24) is 5.32 Å². The fourth-order valence-corrected chi connectivity index (χ4v) is 2.01. The van der Waals surface area contributed by atoms with E-state index in [2.05, 4.69) is 11.4 Å². The summed E-state index contributed by atoms with van der Waals surface area (Å²) in [5.74, 6) is -0.243. The van der Waals surface area contributed by atoms with Crippen LogP contribution >= 0.6 is 0 Å². The Balaban J connectivity index is 2.45. The number of nitrogens with zero attached hydrogens (tertiary/aromatic N) is 1. The van der Waals surface area contributed by atoms with Crippen molar-refractivity contribution in [3.63, 3.8) is 0 Å². The Labute approximate surface area is 112 Å². The van der Waals surface area contributed by atoms with Crippen LogP contribution in [0.5, 0.6) is 0 Å². The van der Waals surface area contributed by atoms with E-state index in [1.54, 1.807) is 12.1 Å². The van der Waals surface area contributed by atoms with Crippen LogP contribution in [0.2, 0.25) is 0 Å². The Hall–Kier alpha value is -2.18. The number of halogens is 1. The molecule has 0 radical (unpaired) electrons. The molecule has 0 saturated heterocycles. The Kier molecular flexibility index (Phi) is 4.27. The minimum Gasteiger partial charge on any atom is -0.313 e. The van der Waals surface area contributed by atoms with E-state index in [4.69, 9.17) is 5.26 Å². The van der Waals surface area contributed by atoms with Gasteiger partial charge in [-0.25, -0.2) is 4.39 Å². The van der Waals surface area contributed by atoms with E-state index >= 15 is 0 Å². The van der Waals surface area contributed by atoms with Crippen molar-refractivity contribution in [2.24, 2.45) is 0 Å². The monoisotopic (exact) mass is 254 g/mol. The summed E-state index contributed by atoms with van der Waals surface area (Å²) in [7, 11) is 0. The van der Waals surface area contributed by atoms with Gasteiger partial charge in [-0.1, -0.05) is 25.1 Å². The van der Waals surface area contributed by atoms with E-state index in [1.807, 2.05) is 25.1 Å². The second kappa shape index (κ2) is 6.12. The van der Waals surface area contributed by atoms with Gasteiger partial charge in [0.2, 0.25) is 0 Å². The number of hydrogen-bond acceptors (Lipinski definition) is 2. The van der Waals surface area contributed by atoms with Crippen molar-refractivity contribution in [2.45, 2.75) is 13.5 Å². The van der Waals surface area contributed by atoms with Gasteiger partial charge in [-0.15, -0.1) is 0 Å². The van der Waals surface area contributed by atoms with Crippen molar-refractivity contribution >= 4 is 0 Å². The van der Waals surface area contributed by atoms with E-state index in [-0.39, 0.29) is 5.82 Å². The van der Waals surface area contributed by atoms with Crippen LogP contribution in [0.1, 0.15) is 18.1 Å². The molecule has 2 rings (SSSR count). The highest BCUT2D eigenvalue weighted by Gasteiger charge is 2.07. The summed E-state index contributed by atoms with van der Waals surface area (Å²) in [4.78, 5) is 0. The molecule has 19 heavy (non-hydrogen) atoms. The number of nitriles is 1. The number of hydrogen-bond donors (Lipinski definition) is 1. The SMILES string of the molecule is CCNCc1cc(F)ccc1-c1cccc(C#N)c1. The van der Waals surface area contributed by atoms with E-state index in [1.165, 1.54) is 12.1 Å². The van der Waals surface area contributed by atoms with Crippen molar-refractivity contribution in [2.75, 3.05) is 6.54 Å². The average Bonchev–Trinajstić information content (AvgIpc) is 2.45. The zero-order valence-electron chi connectivity index (χ0n) is 10.8. The lowest BCUT2D eigenvalue weighted by molar-refractivity contribution is 0.622. The first-order valence-corrected chi connectivity index (χ1v) is 6.24. The van der Waals surface area contributed by atoms with Crippen molar-refractivity contribution < 1.29 is 4.39 Å². The summed E-state index contributed by atoms with van der Waals surface area (Å²) in [6.45, 7) is 3.45. The number of benzene rings is 2. The van der Waals surface area contributed by atoms with Gasteiger partial charge in [-0.05, 0) is 47.5 Å². The summed E-state index contributed by atoms with van der Waals surface area (Å²) < 4.78 is 13.4. The topological polar surface area (TPSA) is 35.8 Å². The predicted octanol–water partition coefficient (Wildman–Crippen LogP) is 3.47. The highest BCUT2D eigenvalue weighted by atomic mass is 19.1. The molecule has 3 heteroatoms. The van der Waals surface area contributed by atoms with Crippen LogP contribution in [-0.2, 0) is 6.54 Å². The van der Waals surface area contributed by atoms with Crippen LogP contribution in [0.4, 0.5) is 4.39 Å². The first-order valence-electron chi connectivity index (χ1n) is 6.24. The Bertz CT molecular complexity index is 614. The van der Waals surface area contributed by atoms with E-state index in [0.717, 1.165) is 23.2 Å². The maximum absolute atomic E-state index is 13.4. The molecule has 0 fully saturated rings. The Morgan fingerprint density at radius 2 is 2.05 bits per heavy atom. The number of rotatable bonds is 4. The largest absolute Gasteiger partial charge is 0.313 e. The standard InChI is InChI=1S/C16H15FN2/c1-2-19-11-14-9-15(17)6-7-16(14)13-5-3-4-12(8-13)10-18/h3-9,19H,2,11H2,1H3. The zero-order valence-corrected chi connectivity index (χ0v) is 10.8. The lowest BCUT2D eigenvalue weighted by atomic mass is 9.98. The highest BCUT2D eigenvalue weighted by Crippen LogP contribution is 2.25. The summed E-state index contributed by atoms with van der Waals surface area (Å²) in [5, 5.41) is 12.1. The van der Waals surface area contributed by atoms with Gasteiger partial charge in [-0.2, -0.15) is 5.26 Å². The Morgan fingerprint density at radius 1 is 1.21 bits per heavy atom. The van der Waals surface area contributed by atoms with Crippen LogP contribution in [0, 0.1) is 17.1 Å². The third-order valence-electron chi connectivity index (χ3n) is 2.94. The highest BCUT2D eigenvalue weighted by molar-refractivity contribution is 5.68. The molecule has 0 bridgehead atoms. The minimum atomic E-state index is -0.243. The van der Waals surface area contributed by atoms with E-state index in [0.29, 0.717) is 12.1 Å². The maximum Gasteiger partial charge on any atom is 0.123 e. The fourth-order valence-electron chi connectivity index (χ4n) is 2.01. The van der Waals surface area contributed by atoms with Crippen LogP contribution < -0.4 is 5.32 Å². The molecular formula is C16H15FN2. The van der Waals surface area contributed by atoms with Gasteiger partial charge in [0.15, 0.2) is 0 Å². The summed E-state index contributed by atoms with van der Waals surface area (Å²) in [6, 6.07) is 14.2. The van der Waals surface area contributed by atoms with Gasteiger partial charge in [0, 0.05) is 6.54 Å². The van der Waals surface area contributed by atoms with Gasteiger partial charge in [-0.3, -0.25) is 0 Å². The van der Waals surface area contributed by atoms with Gasteiger partial charge in [0.1, 0.15) is 5.82 Å². The molecule has 0 aliphatic heterocycles.